The second-order valence-electron chi connectivity index (χ2n) is 5.39. The zero-order chi connectivity index (χ0) is 14.2. The molecule has 20 heavy (non-hydrogen) atoms. The molecular formula is C16H24N2O2. The summed E-state index contributed by atoms with van der Waals surface area (Å²) in [5.74, 6) is 0.0567. The van der Waals surface area contributed by atoms with Crippen molar-refractivity contribution >= 4 is 5.91 Å². The zero-order valence-electron chi connectivity index (χ0n) is 11.9. The van der Waals surface area contributed by atoms with Gasteiger partial charge in [0.1, 0.15) is 0 Å². The maximum absolute atomic E-state index is 11.9. The first-order chi connectivity index (χ1) is 9.79. The van der Waals surface area contributed by atoms with E-state index >= 15 is 0 Å². The second kappa shape index (κ2) is 8.02. The Balaban J connectivity index is 1.69. The van der Waals surface area contributed by atoms with Gasteiger partial charge in [-0.3, -0.25) is 9.69 Å². The summed E-state index contributed by atoms with van der Waals surface area (Å²) in [6, 6.07) is 10.3. The highest BCUT2D eigenvalue weighted by Crippen LogP contribution is 2.15. The number of carbonyl (C=O) groups excluding carboxylic acids is 1. The molecule has 0 spiro atoms. The molecule has 4 nitrogen and oxygen atoms in total. The van der Waals surface area contributed by atoms with Gasteiger partial charge in [0, 0.05) is 12.6 Å². The van der Waals surface area contributed by atoms with E-state index in [-0.39, 0.29) is 18.6 Å². The fourth-order valence-corrected chi connectivity index (χ4v) is 2.71. The topological polar surface area (TPSA) is 52.6 Å². The Bertz CT molecular complexity index is 408. The van der Waals surface area contributed by atoms with Crippen LogP contribution in [0.4, 0.5) is 0 Å². The van der Waals surface area contributed by atoms with Crippen molar-refractivity contribution in [2.24, 2.45) is 0 Å². The fourth-order valence-electron chi connectivity index (χ4n) is 2.71. The van der Waals surface area contributed by atoms with E-state index in [9.17, 15) is 9.90 Å². The zero-order valence-corrected chi connectivity index (χ0v) is 11.9. The Morgan fingerprint density at radius 1 is 1.30 bits per heavy atom. The quantitative estimate of drug-likeness (QED) is 0.820. The van der Waals surface area contributed by atoms with Gasteiger partial charge >= 0.3 is 0 Å². The average molecular weight is 276 g/mol. The van der Waals surface area contributed by atoms with Crippen LogP contribution in [0.15, 0.2) is 30.3 Å². The van der Waals surface area contributed by atoms with Crippen LogP contribution in [0.5, 0.6) is 0 Å². The van der Waals surface area contributed by atoms with E-state index in [1.54, 1.807) is 0 Å². The highest BCUT2D eigenvalue weighted by Gasteiger charge is 2.23. The number of piperidine rings is 1. The predicted molar refractivity (Wildman–Crippen MR) is 79.5 cm³/mol. The number of aliphatic hydroxyl groups is 1. The summed E-state index contributed by atoms with van der Waals surface area (Å²) in [6.07, 6.45) is 4.12. The molecule has 1 atom stereocenters. The number of amides is 1. The number of likely N-dealkylation sites (tertiary alicyclic amines) is 1. The summed E-state index contributed by atoms with van der Waals surface area (Å²) in [5.41, 5.74) is 1.24. The highest BCUT2D eigenvalue weighted by molar-refractivity contribution is 5.78. The van der Waals surface area contributed by atoms with E-state index in [4.69, 9.17) is 0 Å². The number of nitrogens with one attached hydrogen (secondary N) is 1. The van der Waals surface area contributed by atoms with Crippen molar-refractivity contribution < 1.29 is 9.90 Å². The van der Waals surface area contributed by atoms with Crippen LogP contribution in [0.25, 0.3) is 0 Å². The smallest absolute Gasteiger partial charge is 0.234 e. The molecule has 0 radical (unpaired) electrons. The molecule has 1 fully saturated rings. The summed E-state index contributed by atoms with van der Waals surface area (Å²) in [7, 11) is 0. The van der Waals surface area contributed by atoms with Crippen molar-refractivity contribution in [3.63, 3.8) is 0 Å². The van der Waals surface area contributed by atoms with Gasteiger partial charge in [-0.15, -0.1) is 0 Å². The Morgan fingerprint density at radius 2 is 2.10 bits per heavy atom. The van der Waals surface area contributed by atoms with E-state index in [1.165, 1.54) is 5.56 Å². The van der Waals surface area contributed by atoms with Crippen LogP contribution < -0.4 is 5.32 Å². The third-order valence-electron chi connectivity index (χ3n) is 3.89. The van der Waals surface area contributed by atoms with Gasteiger partial charge < -0.3 is 10.4 Å². The van der Waals surface area contributed by atoms with Gasteiger partial charge in [0.2, 0.25) is 5.91 Å². The van der Waals surface area contributed by atoms with Gasteiger partial charge in [-0.25, -0.2) is 0 Å². The van der Waals surface area contributed by atoms with Crippen molar-refractivity contribution in [3.05, 3.63) is 35.9 Å². The minimum absolute atomic E-state index is 0.0567. The first kappa shape index (κ1) is 15.0. The molecule has 1 unspecified atom stereocenters. The van der Waals surface area contributed by atoms with E-state index in [0.717, 1.165) is 32.2 Å². The maximum Gasteiger partial charge on any atom is 0.234 e. The number of benzene rings is 1. The van der Waals surface area contributed by atoms with Gasteiger partial charge in [0.15, 0.2) is 0 Å². The Morgan fingerprint density at radius 3 is 2.85 bits per heavy atom. The molecule has 1 aliphatic heterocycles. The van der Waals surface area contributed by atoms with E-state index in [0.29, 0.717) is 13.1 Å². The molecule has 1 heterocycles. The minimum Gasteiger partial charge on any atom is -0.395 e. The number of carbonyl (C=O) groups is 1. The summed E-state index contributed by atoms with van der Waals surface area (Å²) >= 11 is 0. The van der Waals surface area contributed by atoms with Crippen molar-refractivity contribution in [1.29, 1.82) is 0 Å². The van der Waals surface area contributed by atoms with E-state index < -0.39 is 0 Å². The van der Waals surface area contributed by atoms with Crippen LogP contribution >= 0.6 is 0 Å². The molecule has 2 N–H and O–H groups in total. The lowest BCUT2D eigenvalue weighted by Crippen LogP contribution is -2.47. The average Bonchev–Trinajstić information content (AvgIpc) is 2.49. The van der Waals surface area contributed by atoms with E-state index in [2.05, 4.69) is 22.3 Å². The summed E-state index contributed by atoms with van der Waals surface area (Å²) in [6.45, 7) is 2.13. The molecule has 4 heteroatoms. The van der Waals surface area contributed by atoms with Crippen molar-refractivity contribution in [2.45, 2.75) is 31.7 Å². The molecule has 1 saturated heterocycles. The summed E-state index contributed by atoms with van der Waals surface area (Å²) in [5, 5.41) is 12.3. The Kier molecular flexibility index (Phi) is 6.02. The molecule has 1 aromatic rings. The fraction of sp³-hybridized carbons (Fsp3) is 0.562. The minimum atomic E-state index is 0.0567. The molecular weight excluding hydrogens is 252 g/mol. The largest absolute Gasteiger partial charge is 0.395 e. The SMILES string of the molecule is O=C(CN1CCCCC1CO)NCCc1ccccc1. The van der Waals surface area contributed by atoms with Crippen LogP contribution in [-0.2, 0) is 11.2 Å². The van der Waals surface area contributed by atoms with Gasteiger partial charge in [-0.2, -0.15) is 0 Å². The van der Waals surface area contributed by atoms with Crippen molar-refractivity contribution in [2.75, 3.05) is 26.2 Å². The van der Waals surface area contributed by atoms with Crippen molar-refractivity contribution in [3.8, 4) is 0 Å². The normalized spacial score (nSPS) is 19.8. The molecule has 0 saturated carbocycles. The molecule has 1 aliphatic rings. The Hall–Kier alpha value is -1.39. The number of hydrogen-bond donors (Lipinski definition) is 2. The first-order valence-electron chi connectivity index (χ1n) is 7.45. The van der Waals surface area contributed by atoms with Gasteiger partial charge in [0.25, 0.3) is 0 Å². The van der Waals surface area contributed by atoms with Crippen LogP contribution in [-0.4, -0.2) is 48.2 Å². The number of nitrogens with zero attached hydrogens (tertiary/aromatic N) is 1. The predicted octanol–water partition coefficient (Wildman–Crippen LogP) is 1.19. The lowest BCUT2D eigenvalue weighted by atomic mass is 10.0. The molecule has 1 aromatic carbocycles. The lowest BCUT2D eigenvalue weighted by Gasteiger charge is -2.33. The first-order valence-corrected chi connectivity index (χ1v) is 7.45. The molecule has 0 bridgehead atoms. The maximum atomic E-state index is 11.9. The second-order valence-corrected chi connectivity index (χ2v) is 5.39. The van der Waals surface area contributed by atoms with Crippen molar-refractivity contribution in [1.82, 2.24) is 10.2 Å². The molecule has 2 rings (SSSR count). The highest BCUT2D eigenvalue weighted by atomic mass is 16.3. The molecule has 110 valence electrons. The monoisotopic (exact) mass is 276 g/mol. The number of rotatable bonds is 6. The third-order valence-corrected chi connectivity index (χ3v) is 3.89. The number of hydrogen-bond acceptors (Lipinski definition) is 3. The van der Waals surface area contributed by atoms with Gasteiger partial charge in [-0.05, 0) is 31.4 Å². The standard InChI is InChI=1S/C16H24N2O2/c19-13-15-8-4-5-11-18(15)12-16(20)17-10-9-14-6-2-1-3-7-14/h1-3,6-7,15,19H,4-5,8-13H2,(H,17,20). The summed E-state index contributed by atoms with van der Waals surface area (Å²) < 4.78 is 0. The Labute approximate surface area is 120 Å². The van der Waals surface area contributed by atoms with Crippen LogP contribution in [0.2, 0.25) is 0 Å². The summed E-state index contributed by atoms with van der Waals surface area (Å²) in [4.78, 5) is 14.0. The van der Waals surface area contributed by atoms with Crippen LogP contribution in [0, 0.1) is 0 Å². The number of aliphatic hydroxyl groups excluding tert-OH is 1. The molecule has 0 aromatic heterocycles. The van der Waals surface area contributed by atoms with Gasteiger partial charge in [0.05, 0.1) is 13.2 Å². The van der Waals surface area contributed by atoms with Crippen LogP contribution in [0.3, 0.4) is 0 Å². The third kappa shape index (κ3) is 4.62. The van der Waals surface area contributed by atoms with Gasteiger partial charge in [-0.1, -0.05) is 36.8 Å². The molecule has 1 amide bonds. The lowest BCUT2D eigenvalue weighted by molar-refractivity contribution is -0.123. The van der Waals surface area contributed by atoms with E-state index in [1.807, 2.05) is 18.2 Å². The molecule has 0 aliphatic carbocycles. The van der Waals surface area contributed by atoms with Crippen LogP contribution in [0.1, 0.15) is 24.8 Å².